The van der Waals surface area contributed by atoms with Gasteiger partial charge in [0.05, 0.1) is 65.2 Å². The van der Waals surface area contributed by atoms with Gasteiger partial charge >= 0.3 is 77.6 Å². The van der Waals surface area contributed by atoms with Crippen molar-refractivity contribution in [2.45, 2.75) is 274 Å². The van der Waals surface area contributed by atoms with E-state index in [-0.39, 0.29) is 149 Å². The van der Waals surface area contributed by atoms with Crippen molar-refractivity contribution in [1.82, 2.24) is 0 Å². The normalized spacial score (nSPS) is 33.2. The summed E-state index contributed by atoms with van der Waals surface area (Å²) in [5, 5.41) is 0. The Morgan fingerprint density at radius 2 is 0.880 bits per heavy atom. The van der Waals surface area contributed by atoms with Gasteiger partial charge in [-0.3, -0.25) is 43.2 Å². The molecule has 0 N–H and O–H groups in total. The van der Waals surface area contributed by atoms with Gasteiger partial charge in [-0.2, -0.15) is 0 Å². The Bertz CT molecular complexity index is 2950. The van der Waals surface area contributed by atoms with Crippen molar-refractivity contribution in [3.63, 3.8) is 0 Å². The fourth-order valence-corrected chi connectivity index (χ4v) is 14.4. The molecule has 0 aromatic heterocycles. The first-order chi connectivity index (χ1) is 43.2. The molecule has 8 saturated heterocycles. The molecular weight excluding hydrogens is 1310 g/mol. The van der Waals surface area contributed by atoms with Gasteiger partial charge in [0.2, 0.25) is 0 Å². The molecule has 0 aromatic carbocycles. The van der Waals surface area contributed by atoms with E-state index < -0.39 is 162 Å². The van der Waals surface area contributed by atoms with E-state index in [2.05, 4.69) is 0 Å². The molecule has 0 amide bonds. The van der Waals surface area contributed by atoms with Crippen molar-refractivity contribution in [3.8, 4) is 0 Å². The monoisotopic (exact) mass is 1430 g/mol. The highest BCUT2D eigenvalue weighted by molar-refractivity contribution is 5.87. The van der Waals surface area contributed by atoms with Crippen molar-refractivity contribution in [1.29, 1.82) is 0 Å². The number of carbonyl (C=O) groups excluding carboxylic acids is 13. The molecule has 28 nitrogen and oxygen atoms in total. The largest absolute Gasteiger partial charge is 0.469 e. The Kier molecular flexibility index (Phi) is 32.1. The van der Waals surface area contributed by atoms with E-state index in [1.807, 2.05) is 34.6 Å². The van der Waals surface area contributed by atoms with E-state index in [9.17, 15) is 62.3 Å². The van der Waals surface area contributed by atoms with Crippen LogP contribution in [0.1, 0.15) is 200 Å². The van der Waals surface area contributed by atoms with E-state index in [0.29, 0.717) is 44.9 Å². The van der Waals surface area contributed by atoms with Crippen LogP contribution in [0.15, 0.2) is 0 Å². The average molecular weight is 1430 g/mol. The van der Waals surface area contributed by atoms with Crippen LogP contribution in [0.25, 0.3) is 0 Å². The van der Waals surface area contributed by atoms with Gasteiger partial charge in [-0.15, -0.1) is 0 Å². The Morgan fingerprint density at radius 1 is 0.480 bits per heavy atom. The Morgan fingerprint density at radius 3 is 1.29 bits per heavy atom. The molecule has 22 unspecified atom stereocenters. The van der Waals surface area contributed by atoms with Gasteiger partial charge in [-0.1, -0.05) is 94.0 Å². The summed E-state index contributed by atoms with van der Waals surface area (Å²) in [4.78, 5) is 154. The zero-order valence-electron chi connectivity index (χ0n) is 54.2. The molecule has 574 valence electrons. The summed E-state index contributed by atoms with van der Waals surface area (Å²) in [7, 11) is 1.27. The number of esters is 13. The topological polar surface area (TPSA) is 360 Å². The van der Waals surface area contributed by atoms with Gasteiger partial charge in [0, 0.05) is 23.7 Å². The minimum Gasteiger partial charge on any atom is -0.469 e. The SMILES string of the molecule is C.C.C.C.C.C.C.C.CCC(C)(C)C(=O)OCC(=O)OC1C2CC3C(=O)OC1C3O2.CCC(C)(C)C(=O)OCC(=O)OC1C2CC3C1OC(=O)C3C2C(=O)OC.CCC(C)(C)C(=O)OCC(=O)OC1C2CC3OC(=O)C1(C)C3C2.CCC(C)C(=O)OCC(=O)OC1C2CC3C(=O)OC1C3O2. The predicted molar refractivity (Wildman–Crippen MR) is 357 cm³/mol. The van der Waals surface area contributed by atoms with E-state index in [4.69, 9.17) is 71.1 Å². The quantitative estimate of drug-likeness (QED) is 0.0766. The number of methoxy groups -OCH3 is 1. The molecule has 4 saturated carbocycles. The second-order valence-corrected chi connectivity index (χ2v) is 28.0. The van der Waals surface area contributed by atoms with Crippen molar-refractivity contribution in [3.05, 3.63) is 0 Å². The number of hydrogen-bond acceptors (Lipinski definition) is 28. The lowest BCUT2D eigenvalue weighted by molar-refractivity contribution is -0.174. The number of hydrogen-bond donors (Lipinski definition) is 0. The van der Waals surface area contributed by atoms with Crippen LogP contribution in [0.4, 0.5) is 0 Å². The minimum atomic E-state index is -0.740. The molecule has 12 rings (SSSR count). The lowest BCUT2D eigenvalue weighted by atomic mass is 9.74. The smallest absolute Gasteiger partial charge is 0.344 e. The molecule has 12 fully saturated rings. The Hall–Kier alpha value is -6.97. The zero-order chi connectivity index (χ0) is 67.4. The maximum atomic E-state index is 12.1. The van der Waals surface area contributed by atoms with Crippen LogP contribution < -0.4 is 0 Å². The second kappa shape index (κ2) is 35.3. The van der Waals surface area contributed by atoms with Gasteiger partial charge in [-0.25, -0.2) is 19.2 Å². The summed E-state index contributed by atoms with van der Waals surface area (Å²) in [5.41, 5.74) is -2.68. The summed E-state index contributed by atoms with van der Waals surface area (Å²) < 4.78 is 78.6. The van der Waals surface area contributed by atoms with Crippen molar-refractivity contribution >= 4 is 77.6 Å². The average Bonchev–Trinajstić information content (AvgIpc) is 1.55. The summed E-state index contributed by atoms with van der Waals surface area (Å²) in [6.45, 7) is 19.7. The zero-order valence-corrected chi connectivity index (χ0v) is 54.2. The Labute approximate surface area is 590 Å². The molecule has 100 heavy (non-hydrogen) atoms. The second-order valence-electron chi connectivity index (χ2n) is 28.0. The fraction of sp³-hybridized carbons (Fsp3) is 0.819. The third-order valence-corrected chi connectivity index (χ3v) is 21.3. The lowest BCUT2D eigenvalue weighted by Gasteiger charge is -2.32. The van der Waals surface area contributed by atoms with Crippen LogP contribution in [0.5, 0.6) is 0 Å². The highest BCUT2D eigenvalue weighted by Crippen LogP contribution is 2.63. The van der Waals surface area contributed by atoms with Gasteiger partial charge in [0.15, 0.2) is 50.8 Å². The number of fused-ring (bicyclic) bond motifs is 4. The van der Waals surface area contributed by atoms with Crippen LogP contribution in [-0.4, -0.2) is 184 Å². The molecule has 8 aliphatic heterocycles. The summed E-state index contributed by atoms with van der Waals surface area (Å²) in [6.07, 6.45) is 0.488. The molecule has 28 heteroatoms. The lowest BCUT2D eigenvalue weighted by Crippen LogP contribution is -2.44. The first-order valence-corrected chi connectivity index (χ1v) is 31.9. The maximum absolute atomic E-state index is 12.1. The van der Waals surface area contributed by atoms with Gasteiger partial charge < -0.3 is 71.1 Å². The molecule has 0 spiro atoms. The summed E-state index contributed by atoms with van der Waals surface area (Å²) in [6, 6.07) is 0. The van der Waals surface area contributed by atoms with Crippen molar-refractivity contribution in [2.75, 3.05) is 33.5 Å². The molecule has 4 aliphatic carbocycles. The van der Waals surface area contributed by atoms with Crippen LogP contribution >= 0.6 is 0 Å². The number of rotatable bonds is 21. The van der Waals surface area contributed by atoms with Crippen molar-refractivity contribution in [2.24, 2.45) is 74.9 Å². The molecular formula is C72H118O28. The number of ether oxygens (including phenoxy) is 15. The van der Waals surface area contributed by atoms with Crippen LogP contribution in [-0.2, 0) is 133 Å². The predicted octanol–water partition coefficient (Wildman–Crippen LogP) is 8.59. The summed E-state index contributed by atoms with van der Waals surface area (Å²) in [5.74, 6) is -8.18. The summed E-state index contributed by atoms with van der Waals surface area (Å²) >= 11 is 0. The van der Waals surface area contributed by atoms with Gasteiger partial charge in [0.1, 0.15) is 42.0 Å². The molecule has 12 aliphatic rings. The molecule has 8 heterocycles. The molecule has 0 aromatic rings. The maximum Gasteiger partial charge on any atom is 0.344 e. The van der Waals surface area contributed by atoms with E-state index in [1.54, 1.807) is 48.5 Å². The van der Waals surface area contributed by atoms with E-state index >= 15 is 0 Å². The fourth-order valence-electron chi connectivity index (χ4n) is 14.4. The molecule has 8 bridgehead atoms. The van der Waals surface area contributed by atoms with Crippen LogP contribution in [0.2, 0.25) is 0 Å². The van der Waals surface area contributed by atoms with Gasteiger partial charge in [-0.05, 0) is 106 Å². The highest BCUT2D eigenvalue weighted by Gasteiger charge is 2.72. The third-order valence-electron chi connectivity index (χ3n) is 21.3. The first-order valence-electron chi connectivity index (χ1n) is 31.9. The van der Waals surface area contributed by atoms with Crippen LogP contribution in [0, 0.1) is 74.9 Å². The van der Waals surface area contributed by atoms with Crippen molar-refractivity contribution < 1.29 is 133 Å². The van der Waals surface area contributed by atoms with E-state index in [0.717, 1.165) is 12.8 Å². The highest BCUT2D eigenvalue weighted by atomic mass is 16.7. The first kappa shape index (κ1) is 91.0. The van der Waals surface area contributed by atoms with Crippen LogP contribution in [0.3, 0.4) is 0 Å². The minimum absolute atomic E-state index is 0. The molecule has 22 atom stereocenters. The number of carbonyl (C=O) groups is 13. The third kappa shape index (κ3) is 17.4. The molecule has 0 radical (unpaired) electrons. The standard InChI is InChI=1S/C18H24O8.C17H24O6.C15H20O7.C14H18O7.8CH4/c1-5-18(2,3)17(22)24-7-10(19)25-13-8-6-9-12(11(8)15(20)23-4)16(21)26-14(9)13;1-5-16(2,3)14(19)21-8-12(18)23-13-9-6-10-11(7-9)22-15(20)17(10,13)4;1-4-15(2,3)14(18)19-6-9(16)21-11-8-5-7-10(20-8)12(11)22-13(7)17;1-3-6(2)13(16)18-5-9(15)20-11-8-4-7-10(19-8)12(11)21-14(7)17;;;;;;;;/h8-9,11-14H,5-7H2,1-4H3;9-11,13H,5-8H2,1-4H3;7-8,10-12H,4-6H2,1-3H3;6-8,10-12H,3-5H2,1-2H3;8*1H4. The Balaban J connectivity index is 0.000000651. The van der Waals surface area contributed by atoms with Gasteiger partial charge in [0.25, 0.3) is 0 Å². The van der Waals surface area contributed by atoms with E-state index in [1.165, 1.54) is 7.11 Å².